The third-order valence-electron chi connectivity index (χ3n) is 1.17. The lowest BCUT2D eigenvalue weighted by Gasteiger charge is -2.06. The Hall–Kier alpha value is -0.0800. The van der Waals surface area contributed by atoms with Crippen LogP contribution in [0, 0.1) is 0 Å². The highest BCUT2D eigenvalue weighted by Gasteiger charge is 1.96. The van der Waals surface area contributed by atoms with E-state index in [0.717, 1.165) is 12.8 Å². The van der Waals surface area contributed by atoms with E-state index < -0.39 is 0 Å². The average molecular weight is 103 g/mol. The van der Waals surface area contributed by atoms with Crippen molar-refractivity contribution in [3.63, 3.8) is 0 Å². The second-order valence-electron chi connectivity index (χ2n) is 1.64. The van der Waals surface area contributed by atoms with Crippen LogP contribution in [-0.2, 0) is 0 Å². The predicted octanol–water partition coefficient (Wildman–Crippen LogP) is 1.15. The molecule has 44 valence electrons. The Morgan fingerprint density at radius 1 is 1.43 bits per heavy atom. The molecule has 0 aliphatic rings. The topological polar surface area (TPSA) is 32.3 Å². The highest BCUT2D eigenvalue weighted by molar-refractivity contribution is 4.53. The van der Waals surface area contributed by atoms with Gasteiger partial charge in [0.05, 0.1) is 0 Å². The van der Waals surface area contributed by atoms with Gasteiger partial charge in [-0.2, -0.15) is 0 Å². The van der Waals surface area contributed by atoms with Gasteiger partial charge in [-0.25, -0.2) is 5.48 Å². The van der Waals surface area contributed by atoms with Crippen molar-refractivity contribution in [2.45, 2.75) is 32.7 Å². The summed E-state index contributed by atoms with van der Waals surface area (Å²) in [4.78, 5) is 0. The summed E-state index contributed by atoms with van der Waals surface area (Å²) in [5, 5.41) is 8.28. The molecule has 0 rings (SSSR count). The van der Waals surface area contributed by atoms with Gasteiger partial charge in [0.1, 0.15) is 0 Å². The second kappa shape index (κ2) is 4.09. The van der Waals surface area contributed by atoms with E-state index in [4.69, 9.17) is 5.21 Å². The second-order valence-corrected chi connectivity index (χ2v) is 1.64. The fourth-order valence-electron chi connectivity index (χ4n) is 0.471. The van der Waals surface area contributed by atoms with Crippen LogP contribution in [0.4, 0.5) is 0 Å². The van der Waals surface area contributed by atoms with Crippen molar-refractivity contribution in [2.24, 2.45) is 0 Å². The maximum absolute atomic E-state index is 8.28. The van der Waals surface area contributed by atoms with Crippen molar-refractivity contribution in [1.29, 1.82) is 0 Å². The normalized spacial score (nSPS) is 10.3. The Balaban J connectivity index is 2.99. The van der Waals surface area contributed by atoms with E-state index in [0.29, 0.717) is 6.04 Å². The monoisotopic (exact) mass is 103 g/mol. The van der Waals surface area contributed by atoms with Crippen LogP contribution in [-0.4, -0.2) is 11.2 Å². The van der Waals surface area contributed by atoms with Crippen LogP contribution in [0.25, 0.3) is 0 Å². The zero-order valence-corrected chi connectivity index (χ0v) is 4.94. The first kappa shape index (κ1) is 6.92. The minimum absolute atomic E-state index is 0.292. The van der Waals surface area contributed by atoms with Crippen LogP contribution in [0.3, 0.4) is 0 Å². The molecule has 0 aromatic heterocycles. The molecule has 0 saturated carbocycles. The fourth-order valence-corrected chi connectivity index (χ4v) is 0.471. The molecule has 0 amide bonds. The van der Waals surface area contributed by atoms with E-state index in [1.807, 2.05) is 13.8 Å². The molecule has 0 aromatic rings. The number of hydrogen-bond acceptors (Lipinski definition) is 2. The molecule has 0 bridgehead atoms. The van der Waals surface area contributed by atoms with Crippen molar-refractivity contribution in [3.8, 4) is 0 Å². The van der Waals surface area contributed by atoms with Crippen molar-refractivity contribution in [2.75, 3.05) is 0 Å². The summed E-state index contributed by atoms with van der Waals surface area (Å²) < 4.78 is 0. The van der Waals surface area contributed by atoms with Gasteiger partial charge in [-0.1, -0.05) is 13.8 Å². The van der Waals surface area contributed by atoms with Crippen molar-refractivity contribution < 1.29 is 5.21 Å². The smallest absolute Gasteiger partial charge is 0.0314 e. The highest BCUT2D eigenvalue weighted by Crippen LogP contribution is 1.92. The van der Waals surface area contributed by atoms with E-state index >= 15 is 0 Å². The van der Waals surface area contributed by atoms with Crippen LogP contribution in [0.15, 0.2) is 0 Å². The third kappa shape index (κ3) is 2.60. The van der Waals surface area contributed by atoms with Gasteiger partial charge < -0.3 is 5.21 Å². The first-order chi connectivity index (χ1) is 3.35. The molecule has 0 heterocycles. The summed E-state index contributed by atoms with van der Waals surface area (Å²) in [5.74, 6) is 0. The fraction of sp³-hybridized carbons (Fsp3) is 1.00. The lowest BCUT2D eigenvalue weighted by molar-refractivity contribution is 0.122. The molecular weight excluding hydrogens is 90.1 g/mol. The summed E-state index contributed by atoms with van der Waals surface area (Å²) in [6.07, 6.45) is 1.99. The Bertz CT molecular complexity index is 29.6. The van der Waals surface area contributed by atoms with E-state index in [1.54, 1.807) is 0 Å². The molecule has 0 radical (unpaired) electrons. The SMILES string of the molecule is CCC(CC)NO. The molecule has 2 nitrogen and oxygen atoms in total. The Labute approximate surface area is 44.5 Å². The molecule has 0 aliphatic heterocycles. The maximum atomic E-state index is 8.28. The van der Waals surface area contributed by atoms with Crippen molar-refractivity contribution in [1.82, 2.24) is 5.48 Å². The van der Waals surface area contributed by atoms with Gasteiger partial charge in [-0.05, 0) is 12.8 Å². The number of hydrogen-bond donors (Lipinski definition) is 2. The molecular formula is C5H13NO. The van der Waals surface area contributed by atoms with Gasteiger partial charge in [0.25, 0.3) is 0 Å². The summed E-state index contributed by atoms with van der Waals surface area (Å²) in [5.41, 5.74) is 2.20. The molecule has 0 saturated heterocycles. The van der Waals surface area contributed by atoms with Crippen molar-refractivity contribution >= 4 is 0 Å². The van der Waals surface area contributed by atoms with Crippen molar-refractivity contribution in [3.05, 3.63) is 0 Å². The first-order valence-electron chi connectivity index (χ1n) is 2.74. The maximum Gasteiger partial charge on any atom is 0.0314 e. The van der Waals surface area contributed by atoms with Gasteiger partial charge in [0.15, 0.2) is 0 Å². The van der Waals surface area contributed by atoms with E-state index in [1.165, 1.54) is 0 Å². The number of nitrogens with one attached hydrogen (secondary N) is 1. The molecule has 0 spiro atoms. The largest absolute Gasteiger partial charge is 0.317 e. The molecule has 0 aliphatic carbocycles. The summed E-state index contributed by atoms with van der Waals surface area (Å²) >= 11 is 0. The average Bonchev–Trinajstić information content (AvgIpc) is 1.72. The number of hydroxylamine groups is 1. The predicted molar refractivity (Wildman–Crippen MR) is 29.3 cm³/mol. The first-order valence-corrected chi connectivity index (χ1v) is 2.74. The quantitative estimate of drug-likeness (QED) is 0.525. The van der Waals surface area contributed by atoms with Gasteiger partial charge in [-0.3, -0.25) is 0 Å². The zero-order valence-electron chi connectivity index (χ0n) is 4.94. The zero-order chi connectivity index (χ0) is 5.70. The van der Waals surface area contributed by atoms with Gasteiger partial charge in [0.2, 0.25) is 0 Å². The lowest BCUT2D eigenvalue weighted by atomic mass is 10.2. The van der Waals surface area contributed by atoms with Gasteiger partial charge in [-0.15, -0.1) is 0 Å². The minimum Gasteiger partial charge on any atom is -0.317 e. The molecule has 7 heavy (non-hydrogen) atoms. The standard InChI is InChI=1S/C5H13NO/c1-3-5(4-2)6-7/h5-7H,3-4H2,1-2H3. The van der Waals surface area contributed by atoms with Crippen LogP contribution in [0.1, 0.15) is 26.7 Å². The Morgan fingerprint density at radius 2 is 1.86 bits per heavy atom. The van der Waals surface area contributed by atoms with E-state index in [9.17, 15) is 0 Å². The molecule has 2 N–H and O–H groups in total. The van der Waals surface area contributed by atoms with E-state index in [2.05, 4.69) is 5.48 Å². The van der Waals surface area contributed by atoms with Crippen LogP contribution in [0.5, 0.6) is 0 Å². The summed E-state index contributed by atoms with van der Waals surface area (Å²) in [6.45, 7) is 4.08. The Morgan fingerprint density at radius 3 is 1.86 bits per heavy atom. The van der Waals surface area contributed by atoms with Crippen LogP contribution in [0.2, 0.25) is 0 Å². The Kier molecular flexibility index (Phi) is 4.04. The lowest BCUT2D eigenvalue weighted by Crippen LogP contribution is -2.23. The molecule has 2 heteroatoms. The van der Waals surface area contributed by atoms with Crippen LogP contribution < -0.4 is 5.48 Å². The van der Waals surface area contributed by atoms with Gasteiger partial charge >= 0.3 is 0 Å². The van der Waals surface area contributed by atoms with Gasteiger partial charge in [0, 0.05) is 6.04 Å². The summed E-state index contributed by atoms with van der Waals surface area (Å²) in [7, 11) is 0. The molecule has 0 atom stereocenters. The highest BCUT2D eigenvalue weighted by atomic mass is 16.5. The van der Waals surface area contributed by atoms with Crippen LogP contribution >= 0.6 is 0 Å². The van der Waals surface area contributed by atoms with E-state index in [-0.39, 0.29) is 0 Å². The minimum atomic E-state index is 0.292. The third-order valence-corrected chi connectivity index (χ3v) is 1.17. The molecule has 0 fully saturated rings. The molecule has 0 aromatic carbocycles. The number of rotatable bonds is 3. The molecule has 0 unspecified atom stereocenters. The summed E-state index contributed by atoms with van der Waals surface area (Å²) in [6, 6.07) is 0.292.